The molecule has 0 amide bonds. The molecule has 1 unspecified atom stereocenters. The highest BCUT2D eigenvalue weighted by Gasteiger charge is 2.17. The lowest BCUT2D eigenvalue weighted by molar-refractivity contribution is -0.145. The maximum Gasteiger partial charge on any atom is 0.323 e. The minimum absolute atomic E-state index is 0.216. The smallest absolute Gasteiger partial charge is 0.323 e. The van der Waals surface area contributed by atoms with Gasteiger partial charge in [-0.1, -0.05) is 6.92 Å². The number of hydrogen-bond donors (Lipinski definition) is 1. The summed E-state index contributed by atoms with van der Waals surface area (Å²) in [4.78, 5) is 11.5. The largest absolute Gasteiger partial charge is 0.465 e. The summed E-state index contributed by atoms with van der Waals surface area (Å²) in [5, 5.41) is 10.8. The predicted molar refractivity (Wildman–Crippen MR) is 58.6 cm³/mol. The van der Waals surface area contributed by atoms with Crippen molar-refractivity contribution in [2.24, 2.45) is 7.05 Å². The highest BCUT2D eigenvalue weighted by atomic mass is 16.5. The van der Waals surface area contributed by atoms with Crippen molar-refractivity contribution in [2.45, 2.75) is 32.9 Å². The molecule has 6 nitrogen and oxygen atoms in total. The van der Waals surface area contributed by atoms with Gasteiger partial charge >= 0.3 is 5.97 Å². The molecular weight excluding hydrogens is 208 g/mol. The van der Waals surface area contributed by atoms with Crippen LogP contribution in [0.3, 0.4) is 0 Å². The van der Waals surface area contributed by atoms with Crippen LogP contribution in [0.5, 0.6) is 0 Å². The molecule has 1 N–H and O–H groups in total. The molecule has 0 aliphatic heterocycles. The molecule has 0 aromatic carbocycles. The minimum atomic E-state index is -0.281. The lowest BCUT2D eigenvalue weighted by atomic mass is 10.2. The van der Waals surface area contributed by atoms with Gasteiger partial charge in [-0.2, -0.15) is 0 Å². The van der Waals surface area contributed by atoms with Crippen molar-refractivity contribution in [1.29, 1.82) is 0 Å². The van der Waals surface area contributed by atoms with Gasteiger partial charge in [-0.3, -0.25) is 10.1 Å². The average Bonchev–Trinajstić information content (AvgIpc) is 2.66. The first-order valence-electron chi connectivity index (χ1n) is 5.41. The van der Waals surface area contributed by atoms with E-state index in [2.05, 4.69) is 15.5 Å². The number of ether oxygens (including phenoxy) is 1. The third-order valence-electron chi connectivity index (χ3n) is 2.29. The van der Waals surface area contributed by atoms with Crippen molar-refractivity contribution in [3.8, 4) is 0 Å². The van der Waals surface area contributed by atoms with E-state index < -0.39 is 0 Å². The molecule has 1 aromatic rings. The van der Waals surface area contributed by atoms with Crippen LogP contribution < -0.4 is 5.32 Å². The van der Waals surface area contributed by atoms with E-state index in [0.29, 0.717) is 19.6 Å². The van der Waals surface area contributed by atoms with Crippen molar-refractivity contribution in [2.75, 3.05) is 6.61 Å². The number of esters is 1. The molecule has 1 atom stereocenters. The number of hydrogen-bond acceptors (Lipinski definition) is 5. The monoisotopic (exact) mass is 226 g/mol. The SMILES string of the molecule is CCOC(=O)C(CC)NCc1nncn1C. The van der Waals surface area contributed by atoms with Crippen LogP contribution >= 0.6 is 0 Å². The summed E-state index contributed by atoms with van der Waals surface area (Å²) in [6.45, 7) is 4.65. The summed E-state index contributed by atoms with van der Waals surface area (Å²) in [6, 6.07) is -0.281. The first-order chi connectivity index (χ1) is 7.69. The Morgan fingerprint density at radius 2 is 2.38 bits per heavy atom. The van der Waals surface area contributed by atoms with E-state index in [9.17, 15) is 4.79 Å². The second-order valence-corrected chi connectivity index (χ2v) is 3.45. The highest BCUT2D eigenvalue weighted by molar-refractivity contribution is 5.75. The Labute approximate surface area is 95.0 Å². The second-order valence-electron chi connectivity index (χ2n) is 3.45. The van der Waals surface area contributed by atoms with Crippen molar-refractivity contribution < 1.29 is 9.53 Å². The van der Waals surface area contributed by atoms with E-state index in [0.717, 1.165) is 5.82 Å². The van der Waals surface area contributed by atoms with Gasteiger partial charge in [0.1, 0.15) is 18.2 Å². The number of carbonyl (C=O) groups excluding carboxylic acids is 1. The van der Waals surface area contributed by atoms with Crippen LogP contribution in [0, 0.1) is 0 Å². The van der Waals surface area contributed by atoms with Crippen molar-refractivity contribution in [3.05, 3.63) is 12.2 Å². The van der Waals surface area contributed by atoms with Crippen LogP contribution in [0.25, 0.3) is 0 Å². The van der Waals surface area contributed by atoms with Gasteiger partial charge in [0.15, 0.2) is 0 Å². The molecule has 0 spiro atoms. The fraction of sp³-hybridized carbons (Fsp3) is 0.700. The maximum absolute atomic E-state index is 11.5. The minimum Gasteiger partial charge on any atom is -0.465 e. The van der Waals surface area contributed by atoms with Gasteiger partial charge < -0.3 is 9.30 Å². The van der Waals surface area contributed by atoms with Gasteiger partial charge in [0, 0.05) is 7.05 Å². The summed E-state index contributed by atoms with van der Waals surface area (Å²) < 4.78 is 6.76. The van der Waals surface area contributed by atoms with Crippen LogP contribution in [0.4, 0.5) is 0 Å². The number of nitrogens with one attached hydrogen (secondary N) is 1. The quantitative estimate of drug-likeness (QED) is 0.704. The van der Waals surface area contributed by atoms with Gasteiger partial charge in [0.05, 0.1) is 13.2 Å². The number of rotatable bonds is 6. The van der Waals surface area contributed by atoms with Crippen molar-refractivity contribution in [1.82, 2.24) is 20.1 Å². The fourth-order valence-electron chi connectivity index (χ4n) is 1.32. The normalized spacial score (nSPS) is 12.4. The molecule has 0 saturated carbocycles. The molecule has 90 valence electrons. The fourth-order valence-corrected chi connectivity index (χ4v) is 1.32. The Kier molecular flexibility index (Phi) is 4.91. The topological polar surface area (TPSA) is 69.0 Å². The molecule has 1 heterocycles. The van der Waals surface area contributed by atoms with Gasteiger partial charge in [-0.15, -0.1) is 10.2 Å². The molecule has 1 aromatic heterocycles. The summed E-state index contributed by atoms with van der Waals surface area (Å²) in [5.41, 5.74) is 0. The molecular formula is C10H18N4O2. The Bertz CT molecular complexity index is 337. The lowest BCUT2D eigenvalue weighted by Crippen LogP contribution is -2.37. The molecule has 0 bridgehead atoms. The van der Waals surface area contributed by atoms with Gasteiger partial charge in [-0.25, -0.2) is 0 Å². The molecule has 16 heavy (non-hydrogen) atoms. The van der Waals surface area contributed by atoms with Crippen molar-refractivity contribution in [3.63, 3.8) is 0 Å². The summed E-state index contributed by atoms with van der Waals surface area (Å²) in [5.74, 6) is 0.579. The second kappa shape index (κ2) is 6.22. The molecule has 0 saturated heterocycles. The first-order valence-corrected chi connectivity index (χ1v) is 5.41. The van der Waals surface area contributed by atoms with E-state index in [1.807, 2.05) is 18.5 Å². The molecule has 0 aliphatic rings. The van der Waals surface area contributed by atoms with E-state index in [1.54, 1.807) is 13.3 Å². The molecule has 0 aliphatic carbocycles. The number of aromatic nitrogens is 3. The zero-order valence-corrected chi connectivity index (χ0v) is 9.93. The van der Waals surface area contributed by atoms with E-state index in [-0.39, 0.29) is 12.0 Å². The van der Waals surface area contributed by atoms with Gasteiger partial charge in [-0.05, 0) is 13.3 Å². The Hall–Kier alpha value is -1.43. The zero-order valence-electron chi connectivity index (χ0n) is 9.93. The Morgan fingerprint density at radius 1 is 1.62 bits per heavy atom. The van der Waals surface area contributed by atoms with Gasteiger partial charge in [0.2, 0.25) is 0 Å². The van der Waals surface area contributed by atoms with Crippen LogP contribution in [-0.4, -0.2) is 33.4 Å². The number of carbonyl (C=O) groups is 1. The Balaban J connectivity index is 2.46. The first kappa shape index (κ1) is 12.6. The lowest BCUT2D eigenvalue weighted by Gasteiger charge is -2.14. The maximum atomic E-state index is 11.5. The third-order valence-corrected chi connectivity index (χ3v) is 2.29. The van der Waals surface area contributed by atoms with Crippen LogP contribution in [0.15, 0.2) is 6.33 Å². The molecule has 1 rings (SSSR count). The van der Waals surface area contributed by atoms with Crippen LogP contribution in [0.2, 0.25) is 0 Å². The Morgan fingerprint density at radius 3 is 2.88 bits per heavy atom. The molecule has 0 radical (unpaired) electrons. The van der Waals surface area contributed by atoms with Crippen LogP contribution in [-0.2, 0) is 23.1 Å². The summed E-state index contributed by atoms with van der Waals surface area (Å²) in [7, 11) is 1.86. The number of aryl methyl sites for hydroxylation is 1. The highest BCUT2D eigenvalue weighted by Crippen LogP contribution is 1.98. The molecule has 6 heteroatoms. The zero-order chi connectivity index (χ0) is 12.0. The van der Waals surface area contributed by atoms with Gasteiger partial charge in [0.25, 0.3) is 0 Å². The summed E-state index contributed by atoms with van der Waals surface area (Å²) in [6.07, 6.45) is 2.32. The predicted octanol–water partition coefficient (Wildman–Crippen LogP) is 0.246. The van der Waals surface area contributed by atoms with E-state index >= 15 is 0 Å². The standard InChI is InChI=1S/C10H18N4O2/c1-4-8(10(15)16-5-2)11-6-9-13-12-7-14(9)3/h7-8,11H,4-6H2,1-3H3. The van der Waals surface area contributed by atoms with Crippen molar-refractivity contribution >= 4 is 5.97 Å². The number of nitrogens with zero attached hydrogens (tertiary/aromatic N) is 3. The van der Waals surface area contributed by atoms with Crippen LogP contribution in [0.1, 0.15) is 26.1 Å². The third kappa shape index (κ3) is 3.30. The average molecular weight is 226 g/mol. The molecule has 0 fully saturated rings. The van der Waals surface area contributed by atoms with E-state index in [1.165, 1.54) is 0 Å². The summed E-state index contributed by atoms with van der Waals surface area (Å²) >= 11 is 0. The van der Waals surface area contributed by atoms with E-state index in [4.69, 9.17) is 4.74 Å².